The molecular weight excluding hydrogens is 304 g/mol. The summed E-state index contributed by atoms with van der Waals surface area (Å²) in [7, 11) is -3.65. The summed E-state index contributed by atoms with van der Waals surface area (Å²) in [6.07, 6.45) is 0. The summed E-state index contributed by atoms with van der Waals surface area (Å²) in [4.78, 5) is 0.826. The topological polar surface area (TPSA) is 72.2 Å². The maximum absolute atomic E-state index is 12.3. The van der Waals surface area contributed by atoms with Crippen molar-refractivity contribution < 1.29 is 8.42 Å². The highest BCUT2D eigenvalue weighted by molar-refractivity contribution is 7.93. The maximum Gasteiger partial charge on any atom is 0.263 e. The van der Waals surface area contributed by atoms with Gasteiger partial charge in [-0.05, 0) is 36.1 Å². The van der Waals surface area contributed by atoms with Crippen LogP contribution in [0, 0.1) is 6.92 Å². The highest BCUT2D eigenvalue weighted by Gasteiger charge is 2.20. The van der Waals surface area contributed by atoms with Crippen molar-refractivity contribution in [1.82, 2.24) is 0 Å². The third-order valence-corrected chi connectivity index (χ3v) is 5.38. The van der Waals surface area contributed by atoms with E-state index >= 15 is 0 Å². The van der Waals surface area contributed by atoms with E-state index in [0.717, 1.165) is 5.56 Å². The van der Waals surface area contributed by atoms with Crippen LogP contribution in [-0.4, -0.2) is 8.42 Å². The van der Waals surface area contributed by atoms with E-state index in [4.69, 9.17) is 17.3 Å². The zero-order chi connectivity index (χ0) is 14.0. The van der Waals surface area contributed by atoms with Gasteiger partial charge in [-0.2, -0.15) is 0 Å². The van der Waals surface area contributed by atoms with Gasteiger partial charge >= 0.3 is 0 Å². The molecule has 0 amide bonds. The van der Waals surface area contributed by atoms with Gasteiger partial charge in [0.25, 0.3) is 10.0 Å². The molecule has 0 aliphatic carbocycles. The average Bonchev–Trinajstić information content (AvgIpc) is 2.82. The van der Waals surface area contributed by atoms with Crippen LogP contribution in [0.1, 0.15) is 10.4 Å². The third kappa shape index (κ3) is 3.09. The first kappa shape index (κ1) is 14.3. The fourth-order valence-corrected chi connectivity index (χ4v) is 4.37. The zero-order valence-electron chi connectivity index (χ0n) is 10.2. The largest absolute Gasteiger partial charge is 0.326 e. The van der Waals surface area contributed by atoms with Gasteiger partial charge in [-0.1, -0.05) is 17.7 Å². The van der Waals surface area contributed by atoms with E-state index in [2.05, 4.69) is 4.72 Å². The molecule has 19 heavy (non-hydrogen) atoms. The summed E-state index contributed by atoms with van der Waals surface area (Å²) in [5, 5.41) is 2.07. The summed E-state index contributed by atoms with van der Waals surface area (Å²) >= 11 is 7.34. The van der Waals surface area contributed by atoms with Crippen LogP contribution in [0.4, 0.5) is 5.69 Å². The molecule has 1 aromatic heterocycles. The number of hydrogen-bond acceptors (Lipinski definition) is 4. The summed E-state index contributed by atoms with van der Waals surface area (Å²) in [6.45, 7) is 2.07. The second kappa shape index (κ2) is 5.50. The molecule has 0 saturated heterocycles. The summed E-state index contributed by atoms with van der Waals surface area (Å²) in [6, 6.07) is 6.68. The highest BCUT2D eigenvalue weighted by atomic mass is 35.5. The molecule has 0 fully saturated rings. The van der Waals surface area contributed by atoms with Gasteiger partial charge in [0.15, 0.2) is 0 Å². The van der Waals surface area contributed by atoms with Crippen LogP contribution in [0.25, 0.3) is 0 Å². The monoisotopic (exact) mass is 316 g/mol. The van der Waals surface area contributed by atoms with E-state index in [1.54, 1.807) is 23.6 Å². The molecule has 0 radical (unpaired) electrons. The number of thiophene rings is 1. The molecule has 7 heteroatoms. The fraction of sp³-hybridized carbons (Fsp3) is 0.167. The van der Waals surface area contributed by atoms with Crippen LogP contribution < -0.4 is 10.5 Å². The Morgan fingerprint density at radius 3 is 2.74 bits per heavy atom. The molecule has 2 rings (SSSR count). The van der Waals surface area contributed by atoms with Crippen molar-refractivity contribution in [3.8, 4) is 0 Å². The van der Waals surface area contributed by atoms with E-state index in [0.29, 0.717) is 15.6 Å². The van der Waals surface area contributed by atoms with E-state index in [1.165, 1.54) is 17.4 Å². The number of benzene rings is 1. The first-order valence-electron chi connectivity index (χ1n) is 5.49. The molecule has 0 atom stereocenters. The normalized spacial score (nSPS) is 11.5. The molecule has 3 N–H and O–H groups in total. The van der Waals surface area contributed by atoms with E-state index in [1.807, 2.05) is 6.92 Å². The predicted octanol–water partition coefficient (Wildman–Crippen LogP) is 2.97. The number of hydrogen-bond donors (Lipinski definition) is 2. The molecule has 0 bridgehead atoms. The molecule has 0 spiro atoms. The predicted molar refractivity (Wildman–Crippen MR) is 79.2 cm³/mol. The second-order valence-corrected chi connectivity index (χ2v) is 7.06. The summed E-state index contributed by atoms with van der Waals surface area (Å²) in [5.74, 6) is 0. The van der Waals surface area contributed by atoms with E-state index in [9.17, 15) is 8.42 Å². The lowest BCUT2D eigenvalue weighted by molar-refractivity contribution is 0.600. The van der Waals surface area contributed by atoms with Crippen molar-refractivity contribution in [2.45, 2.75) is 18.4 Å². The molecule has 1 aromatic carbocycles. The minimum atomic E-state index is -3.65. The lowest BCUT2D eigenvalue weighted by Crippen LogP contribution is -2.15. The number of sulfonamides is 1. The Labute approximate surface area is 121 Å². The van der Waals surface area contributed by atoms with Crippen LogP contribution >= 0.6 is 22.9 Å². The molecule has 0 saturated carbocycles. The average molecular weight is 317 g/mol. The Morgan fingerprint density at radius 1 is 1.37 bits per heavy atom. The molecular formula is C12H13ClN2O2S2. The van der Waals surface area contributed by atoms with Crippen molar-refractivity contribution in [2.24, 2.45) is 5.73 Å². The SMILES string of the molecule is Cc1ccc(NS(=O)(=O)c2ccsc2CN)c(Cl)c1. The molecule has 0 unspecified atom stereocenters. The Kier molecular flexibility index (Phi) is 4.15. The van der Waals surface area contributed by atoms with E-state index in [-0.39, 0.29) is 11.4 Å². The number of nitrogens with two attached hydrogens (primary N) is 1. The Bertz CT molecular complexity index is 696. The van der Waals surface area contributed by atoms with Gasteiger partial charge in [0.2, 0.25) is 0 Å². The molecule has 0 aliphatic rings. The minimum Gasteiger partial charge on any atom is -0.326 e. The van der Waals surface area contributed by atoms with Gasteiger partial charge in [0.05, 0.1) is 10.7 Å². The fourth-order valence-electron chi connectivity index (χ4n) is 1.62. The van der Waals surface area contributed by atoms with Gasteiger partial charge in [0.1, 0.15) is 4.90 Å². The lowest BCUT2D eigenvalue weighted by Gasteiger charge is -2.10. The summed E-state index contributed by atoms with van der Waals surface area (Å²) < 4.78 is 27.0. The first-order chi connectivity index (χ1) is 8.94. The Hall–Kier alpha value is -1.08. The van der Waals surface area contributed by atoms with Crippen molar-refractivity contribution in [3.05, 3.63) is 45.1 Å². The van der Waals surface area contributed by atoms with Crippen LogP contribution in [0.2, 0.25) is 5.02 Å². The second-order valence-electron chi connectivity index (χ2n) is 4.00. The van der Waals surface area contributed by atoms with Gasteiger partial charge in [0, 0.05) is 11.4 Å². The Morgan fingerprint density at radius 2 is 2.11 bits per heavy atom. The van der Waals surface area contributed by atoms with Crippen LogP contribution in [0.15, 0.2) is 34.5 Å². The van der Waals surface area contributed by atoms with Gasteiger partial charge in [-0.15, -0.1) is 11.3 Å². The van der Waals surface area contributed by atoms with Crippen molar-refractivity contribution >= 4 is 38.6 Å². The molecule has 102 valence electrons. The summed E-state index contributed by atoms with van der Waals surface area (Å²) in [5.41, 5.74) is 6.85. The molecule has 0 aliphatic heterocycles. The number of halogens is 1. The van der Waals surface area contributed by atoms with Gasteiger partial charge in [-0.3, -0.25) is 4.72 Å². The number of anilines is 1. The third-order valence-electron chi connectivity index (χ3n) is 2.55. The minimum absolute atomic E-state index is 0.190. The van der Waals surface area contributed by atoms with Gasteiger partial charge < -0.3 is 5.73 Å². The lowest BCUT2D eigenvalue weighted by atomic mass is 10.2. The molecule has 4 nitrogen and oxygen atoms in total. The van der Waals surface area contributed by atoms with Crippen LogP contribution in [0.3, 0.4) is 0 Å². The molecule has 2 aromatic rings. The van der Waals surface area contributed by atoms with Crippen molar-refractivity contribution in [2.75, 3.05) is 4.72 Å². The number of nitrogens with one attached hydrogen (secondary N) is 1. The molecule has 1 heterocycles. The van der Waals surface area contributed by atoms with Crippen LogP contribution in [0.5, 0.6) is 0 Å². The standard InChI is InChI=1S/C12H13ClN2O2S2/c1-8-2-3-10(9(13)6-8)15-19(16,17)12-4-5-18-11(12)7-14/h2-6,15H,7,14H2,1H3. The first-order valence-corrected chi connectivity index (χ1v) is 8.23. The van der Waals surface area contributed by atoms with E-state index < -0.39 is 10.0 Å². The highest BCUT2D eigenvalue weighted by Crippen LogP contribution is 2.28. The number of rotatable bonds is 4. The quantitative estimate of drug-likeness (QED) is 0.911. The van der Waals surface area contributed by atoms with Crippen LogP contribution in [-0.2, 0) is 16.6 Å². The van der Waals surface area contributed by atoms with Crippen molar-refractivity contribution in [1.29, 1.82) is 0 Å². The van der Waals surface area contributed by atoms with Gasteiger partial charge in [-0.25, -0.2) is 8.42 Å². The number of aryl methyl sites for hydroxylation is 1. The smallest absolute Gasteiger partial charge is 0.263 e. The van der Waals surface area contributed by atoms with Crippen molar-refractivity contribution in [3.63, 3.8) is 0 Å². The Balaban J connectivity index is 2.37. The maximum atomic E-state index is 12.3. The zero-order valence-corrected chi connectivity index (χ0v) is 12.6.